The Morgan fingerprint density at radius 2 is 1.98 bits per heavy atom. The molecule has 0 spiro atoms. The molecule has 2 aromatic carbocycles. The van der Waals surface area contributed by atoms with Crippen molar-refractivity contribution in [1.82, 2.24) is 15.2 Å². The Kier molecular flexibility index (Phi) is 10.3. The molecule has 1 aliphatic carbocycles. The van der Waals surface area contributed by atoms with E-state index >= 15 is 8.78 Å². The van der Waals surface area contributed by atoms with Gasteiger partial charge in [-0.05, 0) is 90.1 Å². The minimum atomic E-state index is -4.65. The summed E-state index contributed by atoms with van der Waals surface area (Å²) in [5, 5.41) is 11.9. The molecule has 0 atom stereocenters. The normalized spacial score (nSPS) is 13.3. The van der Waals surface area contributed by atoms with Crippen molar-refractivity contribution in [3.63, 3.8) is 0 Å². The number of aliphatic hydroxyl groups is 1. The molecule has 1 saturated carbocycles. The lowest BCUT2D eigenvalue weighted by Gasteiger charge is -2.17. The minimum Gasteiger partial charge on any atom is -0.396 e. The number of benzene rings is 2. The van der Waals surface area contributed by atoms with E-state index in [0.29, 0.717) is 30.0 Å². The summed E-state index contributed by atoms with van der Waals surface area (Å²) < 4.78 is 60.2. The number of aryl methyl sites for hydroxylation is 1. The first kappa shape index (κ1) is 30.5. The third-order valence-corrected chi connectivity index (χ3v) is 8.47. The molecule has 0 unspecified atom stereocenters. The first-order valence-corrected chi connectivity index (χ1v) is 15.2. The second kappa shape index (κ2) is 13.5. The van der Waals surface area contributed by atoms with Crippen LogP contribution in [0.1, 0.15) is 40.9 Å². The number of carbonyl (C=O) groups is 1. The maximum Gasteiger partial charge on any atom is 0.277 e. The summed E-state index contributed by atoms with van der Waals surface area (Å²) in [6, 6.07) is 8.74. The molecular weight excluding hydrogens is 681 g/mol. The molecule has 214 valence electrons. The van der Waals surface area contributed by atoms with Gasteiger partial charge in [0.15, 0.2) is 11.6 Å². The van der Waals surface area contributed by atoms with Gasteiger partial charge in [0.2, 0.25) is 10.0 Å². The number of hydroxylamine groups is 1. The number of amides is 1. The molecule has 0 bridgehead atoms. The van der Waals surface area contributed by atoms with Crippen LogP contribution < -0.4 is 15.5 Å². The number of aliphatic hydroxyl groups excluding tert-OH is 1. The number of halogens is 4. The predicted molar refractivity (Wildman–Crippen MR) is 154 cm³/mol. The Balaban J connectivity index is 1.67. The van der Waals surface area contributed by atoms with E-state index in [9.17, 15) is 13.2 Å². The molecule has 0 aliphatic heterocycles. The number of pyridine rings is 1. The Morgan fingerprint density at radius 3 is 2.67 bits per heavy atom. The Bertz CT molecular complexity index is 1510. The standard InChI is InChI=1S/C26H26ClF2IN4O5S/c27-19-11-17(30)7-8-21(19)33-25-18(26(36)34-39-14-15-5-6-15)12-22(23(28)24(25)29)40(37,38)32-13-16-3-1-9-31-20(16)4-2-10-35/h1,3,7-9,11-12,15,32-33,35H,2,4-6,10,13-14H2,(H,34,36). The Hall–Kier alpha value is -2.43. The summed E-state index contributed by atoms with van der Waals surface area (Å²) in [6.07, 6.45) is 4.24. The van der Waals surface area contributed by atoms with E-state index in [2.05, 4.69) is 20.5 Å². The fourth-order valence-electron chi connectivity index (χ4n) is 3.74. The van der Waals surface area contributed by atoms with E-state index in [-0.39, 0.29) is 30.5 Å². The van der Waals surface area contributed by atoms with Gasteiger partial charge in [0.25, 0.3) is 5.91 Å². The second-order valence-electron chi connectivity index (χ2n) is 9.12. The van der Waals surface area contributed by atoms with Crippen molar-refractivity contribution < 1.29 is 31.9 Å². The number of rotatable bonds is 13. The SMILES string of the molecule is O=C(NOCC1CC1)c1cc(S(=O)(=O)NCc2cccnc2CCCO)c(F)c(F)c1Nc1ccc(I)cc1Cl. The van der Waals surface area contributed by atoms with E-state index in [1.54, 1.807) is 24.3 Å². The zero-order valence-corrected chi connectivity index (χ0v) is 24.7. The van der Waals surface area contributed by atoms with Crippen molar-refractivity contribution in [1.29, 1.82) is 0 Å². The molecule has 14 heteroatoms. The average molecular weight is 707 g/mol. The van der Waals surface area contributed by atoms with Gasteiger partial charge in [-0.2, -0.15) is 0 Å². The monoisotopic (exact) mass is 706 g/mol. The minimum absolute atomic E-state index is 0.0742. The van der Waals surface area contributed by atoms with Crippen molar-refractivity contribution in [2.75, 3.05) is 18.5 Å². The van der Waals surface area contributed by atoms with Gasteiger partial charge >= 0.3 is 0 Å². The van der Waals surface area contributed by atoms with Crippen LogP contribution in [0.15, 0.2) is 47.5 Å². The third-order valence-electron chi connectivity index (χ3n) is 6.09. The van der Waals surface area contributed by atoms with Crippen LogP contribution in [0, 0.1) is 21.1 Å². The van der Waals surface area contributed by atoms with Crippen molar-refractivity contribution in [2.45, 2.75) is 37.1 Å². The van der Waals surface area contributed by atoms with Crippen LogP contribution in [0.3, 0.4) is 0 Å². The topological polar surface area (TPSA) is 130 Å². The number of aromatic nitrogens is 1. The molecule has 9 nitrogen and oxygen atoms in total. The van der Waals surface area contributed by atoms with Crippen molar-refractivity contribution in [3.8, 4) is 0 Å². The quantitative estimate of drug-likeness (QED) is 0.148. The zero-order chi connectivity index (χ0) is 28.9. The summed E-state index contributed by atoms with van der Waals surface area (Å²) in [4.78, 5) is 21.4. The lowest BCUT2D eigenvalue weighted by Crippen LogP contribution is -2.29. The Morgan fingerprint density at radius 1 is 1.20 bits per heavy atom. The second-order valence-corrected chi connectivity index (χ2v) is 12.5. The van der Waals surface area contributed by atoms with Gasteiger partial charge in [-0.25, -0.2) is 27.4 Å². The van der Waals surface area contributed by atoms with Crippen molar-refractivity contribution >= 4 is 61.5 Å². The first-order chi connectivity index (χ1) is 19.1. The molecule has 40 heavy (non-hydrogen) atoms. The third kappa shape index (κ3) is 7.64. The summed E-state index contributed by atoms with van der Waals surface area (Å²) >= 11 is 8.27. The molecule has 1 heterocycles. The zero-order valence-electron chi connectivity index (χ0n) is 21.0. The number of hydrogen-bond acceptors (Lipinski definition) is 7. The summed E-state index contributed by atoms with van der Waals surface area (Å²) in [7, 11) is -4.65. The molecule has 4 rings (SSSR count). The summed E-state index contributed by atoms with van der Waals surface area (Å²) in [6.45, 7) is -0.116. The molecule has 1 aliphatic rings. The number of anilines is 2. The fourth-order valence-corrected chi connectivity index (χ4v) is 5.75. The van der Waals surface area contributed by atoms with Crippen LogP contribution in [0.5, 0.6) is 0 Å². The number of nitrogens with zero attached hydrogens (tertiary/aromatic N) is 1. The number of sulfonamides is 1. The molecular formula is C26H26ClF2IN4O5S. The highest BCUT2D eigenvalue weighted by Crippen LogP contribution is 2.34. The number of hydrogen-bond donors (Lipinski definition) is 4. The average Bonchev–Trinajstić information content (AvgIpc) is 3.75. The summed E-state index contributed by atoms with van der Waals surface area (Å²) in [5.74, 6) is -3.95. The van der Waals surface area contributed by atoms with Gasteiger partial charge in [-0.15, -0.1) is 0 Å². The molecule has 1 fully saturated rings. The highest BCUT2D eigenvalue weighted by Gasteiger charge is 2.30. The first-order valence-electron chi connectivity index (χ1n) is 12.3. The maximum absolute atomic E-state index is 15.5. The van der Waals surface area contributed by atoms with E-state index in [1.807, 2.05) is 22.6 Å². The molecule has 4 N–H and O–H groups in total. The highest BCUT2D eigenvalue weighted by atomic mass is 127. The number of nitrogens with one attached hydrogen (secondary N) is 3. The van der Waals surface area contributed by atoms with Crippen LogP contribution in [0.4, 0.5) is 20.2 Å². The van der Waals surface area contributed by atoms with Gasteiger partial charge in [0, 0.05) is 28.6 Å². The van der Waals surface area contributed by atoms with Gasteiger partial charge in [-0.3, -0.25) is 14.6 Å². The van der Waals surface area contributed by atoms with Crippen molar-refractivity contribution in [2.24, 2.45) is 5.92 Å². The van der Waals surface area contributed by atoms with E-state index in [0.717, 1.165) is 22.5 Å². The fraction of sp³-hybridized carbons (Fsp3) is 0.308. The molecule has 1 aromatic heterocycles. The molecule has 0 radical (unpaired) electrons. The van der Waals surface area contributed by atoms with Gasteiger partial charge in [0.05, 0.1) is 28.6 Å². The smallest absolute Gasteiger partial charge is 0.277 e. The lowest BCUT2D eigenvalue weighted by atomic mass is 10.1. The van der Waals surface area contributed by atoms with Crippen LogP contribution in [0.2, 0.25) is 5.02 Å². The molecule has 1 amide bonds. The van der Waals surface area contributed by atoms with Crippen LogP contribution in [0.25, 0.3) is 0 Å². The van der Waals surface area contributed by atoms with Crippen LogP contribution in [-0.4, -0.2) is 37.6 Å². The van der Waals surface area contributed by atoms with Gasteiger partial charge in [-0.1, -0.05) is 17.7 Å². The summed E-state index contributed by atoms with van der Waals surface area (Å²) in [5.41, 5.74) is 2.30. The Labute approximate surface area is 248 Å². The largest absolute Gasteiger partial charge is 0.396 e. The predicted octanol–water partition coefficient (Wildman–Crippen LogP) is 4.84. The van der Waals surface area contributed by atoms with E-state index in [1.165, 1.54) is 12.3 Å². The van der Waals surface area contributed by atoms with E-state index < -0.39 is 43.7 Å². The maximum atomic E-state index is 15.5. The lowest BCUT2D eigenvalue weighted by molar-refractivity contribution is 0.0270. The van der Waals surface area contributed by atoms with Crippen LogP contribution in [-0.2, 0) is 27.8 Å². The highest BCUT2D eigenvalue weighted by molar-refractivity contribution is 14.1. The molecule has 0 saturated heterocycles. The number of carbonyl (C=O) groups excluding carboxylic acids is 1. The van der Waals surface area contributed by atoms with Crippen LogP contribution >= 0.6 is 34.2 Å². The van der Waals surface area contributed by atoms with Crippen molar-refractivity contribution in [3.05, 3.63) is 79.6 Å². The van der Waals surface area contributed by atoms with Gasteiger partial charge in [0.1, 0.15) is 4.90 Å². The molecule has 3 aromatic rings. The van der Waals surface area contributed by atoms with Gasteiger partial charge < -0.3 is 10.4 Å². The van der Waals surface area contributed by atoms with E-state index in [4.69, 9.17) is 21.5 Å².